The van der Waals surface area contributed by atoms with Crippen LogP contribution in [0.2, 0.25) is 0 Å². The fourth-order valence-electron chi connectivity index (χ4n) is 1.19. The SMILES string of the molecule is CCCCCc1ccc(CO)o1. The maximum atomic E-state index is 8.73. The Kier molecular flexibility index (Phi) is 3.88. The summed E-state index contributed by atoms with van der Waals surface area (Å²) < 4.78 is 5.33. The fourth-order valence-corrected chi connectivity index (χ4v) is 1.19. The molecule has 0 saturated heterocycles. The van der Waals surface area contributed by atoms with E-state index < -0.39 is 0 Å². The van der Waals surface area contributed by atoms with Crippen LogP contribution in [-0.2, 0) is 13.0 Å². The van der Waals surface area contributed by atoms with Gasteiger partial charge in [-0.15, -0.1) is 0 Å². The number of aliphatic hydroxyl groups excluding tert-OH is 1. The van der Waals surface area contributed by atoms with Crippen molar-refractivity contribution in [3.05, 3.63) is 23.7 Å². The normalized spacial score (nSPS) is 10.5. The van der Waals surface area contributed by atoms with Crippen LogP contribution in [0.15, 0.2) is 16.5 Å². The molecule has 0 atom stereocenters. The Morgan fingerprint density at radius 2 is 2.00 bits per heavy atom. The summed E-state index contributed by atoms with van der Waals surface area (Å²) in [6.45, 7) is 2.19. The predicted molar refractivity (Wildman–Crippen MR) is 47.9 cm³/mol. The van der Waals surface area contributed by atoms with Gasteiger partial charge in [0.25, 0.3) is 0 Å². The smallest absolute Gasteiger partial charge is 0.129 e. The van der Waals surface area contributed by atoms with E-state index in [2.05, 4.69) is 6.92 Å². The van der Waals surface area contributed by atoms with Crippen molar-refractivity contribution in [1.82, 2.24) is 0 Å². The van der Waals surface area contributed by atoms with Crippen molar-refractivity contribution in [1.29, 1.82) is 0 Å². The van der Waals surface area contributed by atoms with Gasteiger partial charge in [0.05, 0.1) is 0 Å². The van der Waals surface area contributed by atoms with E-state index in [0.29, 0.717) is 5.76 Å². The first kappa shape index (κ1) is 9.33. The molecule has 0 amide bonds. The second-order valence-electron chi connectivity index (χ2n) is 2.98. The molecule has 0 bridgehead atoms. The summed E-state index contributed by atoms with van der Waals surface area (Å²) in [5, 5.41) is 8.73. The molecule has 0 aliphatic rings. The van der Waals surface area contributed by atoms with Crippen LogP contribution >= 0.6 is 0 Å². The van der Waals surface area contributed by atoms with Gasteiger partial charge in [0.2, 0.25) is 0 Å². The van der Waals surface area contributed by atoms with Gasteiger partial charge < -0.3 is 9.52 Å². The van der Waals surface area contributed by atoms with E-state index in [-0.39, 0.29) is 6.61 Å². The molecule has 0 unspecified atom stereocenters. The Balaban J connectivity index is 2.31. The molecule has 12 heavy (non-hydrogen) atoms. The zero-order chi connectivity index (χ0) is 8.81. The van der Waals surface area contributed by atoms with Crippen molar-refractivity contribution in [2.24, 2.45) is 0 Å². The molecule has 1 aromatic heterocycles. The third-order valence-corrected chi connectivity index (χ3v) is 1.90. The Labute approximate surface area is 73.2 Å². The highest BCUT2D eigenvalue weighted by Gasteiger charge is 1.99. The van der Waals surface area contributed by atoms with Crippen molar-refractivity contribution < 1.29 is 9.52 Å². The van der Waals surface area contributed by atoms with Crippen LogP contribution in [0.1, 0.15) is 37.7 Å². The molecular weight excluding hydrogens is 152 g/mol. The van der Waals surface area contributed by atoms with Crippen LogP contribution in [0.4, 0.5) is 0 Å². The Morgan fingerprint density at radius 3 is 2.58 bits per heavy atom. The molecule has 2 heteroatoms. The van der Waals surface area contributed by atoms with Gasteiger partial charge in [0.15, 0.2) is 0 Å². The molecule has 1 heterocycles. The van der Waals surface area contributed by atoms with Crippen molar-refractivity contribution >= 4 is 0 Å². The molecule has 0 fully saturated rings. The van der Waals surface area contributed by atoms with Gasteiger partial charge in [-0.3, -0.25) is 0 Å². The van der Waals surface area contributed by atoms with E-state index >= 15 is 0 Å². The van der Waals surface area contributed by atoms with Crippen molar-refractivity contribution in [3.8, 4) is 0 Å². The summed E-state index contributed by atoms with van der Waals surface area (Å²) in [4.78, 5) is 0. The first-order valence-corrected chi connectivity index (χ1v) is 4.55. The van der Waals surface area contributed by atoms with Crippen molar-refractivity contribution in [3.63, 3.8) is 0 Å². The molecule has 0 aromatic carbocycles. The highest BCUT2D eigenvalue weighted by molar-refractivity contribution is 5.06. The van der Waals surface area contributed by atoms with Gasteiger partial charge in [0, 0.05) is 6.42 Å². The minimum Gasteiger partial charge on any atom is -0.464 e. The summed E-state index contributed by atoms with van der Waals surface area (Å²) in [6, 6.07) is 3.78. The number of hydrogen-bond acceptors (Lipinski definition) is 2. The highest BCUT2D eigenvalue weighted by Crippen LogP contribution is 2.11. The summed E-state index contributed by atoms with van der Waals surface area (Å²) in [7, 11) is 0. The number of unbranched alkanes of at least 4 members (excludes halogenated alkanes) is 2. The molecule has 0 radical (unpaired) electrons. The second kappa shape index (κ2) is 4.99. The Bertz CT molecular complexity index is 215. The molecule has 2 nitrogen and oxygen atoms in total. The average Bonchev–Trinajstić information content (AvgIpc) is 2.53. The van der Waals surface area contributed by atoms with Crippen molar-refractivity contribution in [2.75, 3.05) is 0 Å². The van der Waals surface area contributed by atoms with Gasteiger partial charge in [-0.2, -0.15) is 0 Å². The molecular formula is C10H16O2. The zero-order valence-electron chi connectivity index (χ0n) is 7.55. The average molecular weight is 168 g/mol. The maximum absolute atomic E-state index is 8.73. The molecule has 0 spiro atoms. The van der Waals surface area contributed by atoms with Crippen LogP contribution in [0.3, 0.4) is 0 Å². The van der Waals surface area contributed by atoms with E-state index in [1.807, 2.05) is 12.1 Å². The maximum Gasteiger partial charge on any atom is 0.129 e. The van der Waals surface area contributed by atoms with Gasteiger partial charge in [-0.1, -0.05) is 19.8 Å². The van der Waals surface area contributed by atoms with Gasteiger partial charge in [0.1, 0.15) is 18.1 Å². The van der Waals surface area contributed by atoms with Crippen LogP contribution in [0.25, 0.3) is 0 Å². The monoisotopic (exact) mass is 168 g/mol. The molecule has 0 saturated carbocycles. The Morgan fingerprint density at radius 1 is 1.25 bits per heavy atom. The number of aryl methyl sites for hydroxylation is 1. The van der Waals surface area contributed by atoms with Crippen LogP contribution in [0, 0.1) is 0 Å². The molecule has 0 aliphatic carbocycles. The first-order chi connectivity index (χ1) is 5.86. The number of hydrogen-bond donors (Lipinski definition) is 1. The molecule has 1 N–H and O–H groups in total. The minimum absolute atomic E-state index is 0.00772. The van der Waals surface area contributed by atoms with Gasteiger partial charge in [-0.25, -0.2) is 0 Å². The number of rotatable bonds is 5. The van der Waals surface area contributed by atoms with Crippen molar-refractivity contribution in [2.45, 2.75) is 39.2 Å². The molecule has 0 aliphatic heterocycles. The van der Waals surface area contributed by atoms with Crippen LogP contribution in [-0.4, -0.2) is 5.11 Å². The molecule has 68 valence electrons. The largest absolute Gasteiger partial charge is 0.464 e. The number of aliphatic hydroxyl groups is 1. The standard InChI is InChI=1S/C10H16O2/c1-2-3-4-5-9-6-7-10(8-11)12-9/h6-7,11H,2-5,8H2,1H3. The lowest BCUT2D eigenvalue weighted by molar-refractivity contribution is 0.243. The topological polar surface area (TPSA) is 33.4 Å². The van der Waals surface area contributed by atoms with E-state index in [9.17, 15) is 0 Å². The minimum atomic E-state index is 0.00772. The first-order valence-electron chi connectivity index (χ1n) is 4.55. The van der Waals surface area contributed by atoms with Crippen LogP contribution in [0.5, 0.6) is 0 Å². The van der Waals surface area contributed by atoms with E-state index in [1.165, 1.54) is 19.3 Å². The summed E-state index contributed by atoms with van der Waals surface area (Å²) in [5.41, 5.74) is 0. The lowest BCUT2D eigenvalue weighted by atomic mass is 10.2. The lowest BCUT2D eigenvalue weighted by Crippen LogP contribution is -1.81. The van der Waals surface area contributed by atoms with E-state index in [4.69, 9.17) is 9.52 Å². The quantitative estimate of drug-likeness (QED) is 0.685. The van der Waals surface area contributed by atoms with E-state index in [1.54, 1.807) is 0 Å². The third-order valence-electron chi connectivity index (χ3n) is 1.90. The molecule has 1 aromatic rings. The fraction of sp³-hybridized carbons (Fsp3) is 0.600. The highest BCUT2D eigenvalue weighted by atomic mass is 16.4. The predicted octanol–water partition coefficient (Wildman–Crippen LogP) is 2.50. The van der Waals surface area contributed by atoms with E-state index in [0.717, 1.165) is 12.2 Å². The second-order valence-corrected chi connectivity index (χ2v) is 2.98. The van der Waals surface area contributed by atoms with Gasteiger partial charge in [-0.05, 0) is 18.6 Å². The third kappa shape index (κ3) is 2.70. The Hall–Kier alpha value is -0.760. The lowest BCUT2D eigenvalue weighted by Gasteiger charge is -1.94. The molecule has 1 rings (SSSR count). The summed E-state index contributed by atoms with van der Waals surface area (Å²) in [6.07, 6.45) is 4.64. The summed E-state index contributed by atoms with van der Waals surface area (Å²) in [5.74, 6) is 1.66. The van der Waals surface area contributed by atoms with Gasteiger partial charge >= 0.3 is 0 Å². The number of furan rings is 1. The zero-order valence-corrected chi connectivity index (χ0v) is 7.55. The summed E-state index contributed by atoms with van der Waals surface area (Å²) >= 11 is 0. The van der Waals surface area contributed by atoms with Crippen LogP contribution < -0.4 is 0 Å².